The summed E-state index contributed by atoms with van der Waals surface area (Å²) in [6, 6.07) is 18.5. The Balaban J connectivity index is 1.22. The lowest BCUT2D eigenvalue weighted by atomic mass is 9.96. The largest absolute Gasteiger partial charge is 0.356 e. The fraction of sp³-hybridized carbons (Fsp3) is 0.440. The molecule has 4 rings (SSSR count). The van der Waals surface area contributed by atoms with Crippen molar-refractivity contribution in [2.24, 2.45) is 10.9 Å². The molecule has 1 amide bonds. The Hall–Kier alpha value is -2.53. The van der Waals surface area contributed by atoms with E-state index in [0.717, 1.165) is 56.4 Å². The zero-order valence-electron chi connectivity index (χ0n) is 18.1. The molecule has 0 aromatic heterocycles. The van der Waals surface area contributed by atoms with Crippen LogP contribution >= 0.6 is 11.6 Å². The number of guanidine groups is 1. The van der Waals surface area contributed by atoms with Crippen molar-refractivity contribution in [1.82, 2.24) is 15.5 Å². The Morgan fingerprint density at radius 2 is 1.97 bits per heavy atom. The number of amides is 1. The summed E-state index contributed by atoms with van der Waals surface area (Å²) in [5.74, 6) is 1.36. The van der Waals surface area contributed by atoms with Crippen LogP contribution in [0.15, 0.2) is 59.6 Å². The van der Waals surface area contributed by atoms with E-state index in [-0.39, 0.29) is 11.3 Å². The highest BCUT2D eigenvalue weighted by molar-refractivity contribution is 6.30. The Morgan fingerprint density at radius 1 is 1.16 bits per heavy atom. The van der Waals surface area contributed by atoms with Gasteiger partial charge in [-0.25, -0.2) is 0 Å². The van der Waals surface area contributed by atoms with E-state index in [2.05, 4.69) is 39.9 Å². The minimum Gasteiger partial charge on any atom is -0.356 e. The first kappa shape index (κ1) is 21.7. The third-order valence-electron chi connectivity index (χ3n) is 6.47. The van der Waals surface area contributed by atoms with E-state index in [1.165, 1.54) is 11.1 Å². The highest BCUT2D eigenvalue weighted by atomic mass is 35.5. The maximum atomic E-state index is 12.4. The lowest BCUT2D eigenvalue weighted by Crippen LogP contribution is -2.43. The van der Waals surface area contributed by atoms with Crippen LogP contribution in [0.1, 0.15) is 30.4 Å². The van der Waals surface area contributed by atoms with Crippen LogP contribution in [0.25, 0.3) is 0 Å². The van der Waals surface area contributed by atoms with E-state index in [0.29, 0.717) is 12.3 Å². The molecule has 1 atom stereocenters. The van der Waals surface area contributed by atoms with Crippen LogP contribution in [0.2, 0.25) is 5.02 Å². The Morgan fingerprint density at radius 3 is 2.68 bits per heavy atom. The van der Waals surface area contributed by atoms with Gasteiger partial charge >= 0.3 is 0 Å². The van der Waals surface area contributed by atoms with Gasteiger partial charge in [-0.15, -0.1) is 0 Å². The first-order valence-electron chi connectivity index (χ1n) is 11.1. The minimum absolute atomic E-state index is 0.153. The molecule has 2 fully saturated rings. The highest BCUT2D eigenvalue weighted by Gasteiger charge is 2.44. The van der Waals surface area contributed by atoms with Crippen molar-refractivity contribution in [1.29, 1.82) is 0 Å². The summed E-state index contributed by atoms with van der Waals surface area (Å²) in [5, 5.41) is 7.69. The summed E-state index contributed by atoms with van der Waals surface area (Å²) in [6.07, 6.45) is 3.82. The normalized spacial score (nSPS) is 20.1. The Kier molecular flexibility index (Phi) is 6.81. The minimum atomic E-state index is 0.153. The molecule has 6 heteroatoms. The fourth-order valence-electron chi connectivity index (χ4n) is 4.37. The molecule has 2 aromatic rings. The van der Waals surface area contributed by atoms with Gasteiger partial charge in [0.05, 0.1) is 0 Å². The third-order valence-corrected chi connectivity index (χ3v) is 6.71. The van der Waals surface area contributed by atoms with Gasteiger partial charge < -0.3 is 15.5 Å². The smallest absolute Gasteiger partial charge is 0.223 e. The molecule has 1 saturated heterocycles. The number of rotatable bonds is 8. The zero-order valence-corrected chi connectivity index (χ0v) is 18.9. The van der Waals surface area contributed by atoms with Crippen molar-refractivity contribution >= 4 is 23.5 Å². The van der Waals surface area contributed by atoms with Crippen LogP contribution in [0.3, 0.4) is 0 Å². The summed E-state index contributed by atoms with van der Waals surface area (Å²) in [4.78, 5) is 18.8. The maximum Gasteiger partial charge on any atom is 0.223 e. The van der Waals surface area contributed by atoms with Gasteiger partial charge in [-0.3, -0.25) is 9.79 Å². The summed E-state index contributed by atoms with van der Waals surface area (Å²) in [7, 11) is 1.79. The van der Waals surface area contributed by atoms with Gasteiger partial charge in [0.15, 0.2) is 5.96 Å². The van der Waals surface area contributed by atoms with Crippen molar-refractivity contribution in [3.05, 3.63) is 70.7 Å². The van der Waals surface area contributed by atoms with Crippen LogP contribution in [-0.2, 0) is 16.6 Å². The summed E-state index contributed by atoms with van der Waals surface area (Å²) in [5.41, 5.74) is 2.72. The summed E-state index contributed by atoms with van der Waals surface area (Å²) >= 11 is 6.18. The van der Waals surface area contributed by atoms with Crippen molar-refractivity contribution in [2.45, 2.75) is 31.1 Å². The number of nitrogens with zero attached hydrogens (tertiary/aromatic N) is 2. The molecule has 2 N–H and O–H groups in total. The maximum absolute atomic E-state index is 12.4. The molecule has 31 heavy (non-hydrogen) atoms. The number of nitrogens with one attached hydrogen (secondary N) is 2. The molecule has 1 aliphatic carbocycles. The SMILES string of the molecule is CN=C(NCC1CC(=O)N(CCc2ccccc2)C1)NCC1(c2cccc(Cl)c2)CC1. The number of likely N-dealkylation sites (tertiary alicyclic amines) is 1. The highest BCUT2D eigenvalue weighted by Crippen LogP contribution is 2.48. The number of carbonyl (C=O) groups is 1. The lowest BCUT2D eigenvalue weighted by molar-refractivity contribution is -0.127. The van der Waals surface area contributed by atoms with Crippen LogP contribution < -0.4 is 10.6 Å². The molecule has 0 bridgehead atoms. The molecular weight excluding hydrogens is 408 g/mol. The van der Waals surface area contributed by atoms with Gasteiger partial charge in [-0.1, -0.05) is 54.1 Å². The first-order chi connectivity index (χ1) is 15.1. The topological polar surface area (TPSA) is 56.7 Å². The molecule has 0 radical (unpaired) electrons. The number of aliphatic imine (C=N–C) groups is 1. The average molecular weight is 439 g/mol. The zero-order chi connectivity index (χ0) is 21.7. The van der Waals surface area contributed by atoms with E-state index < -0.39 is 0 Å². The average Bonchev–Trinajstić information content (AvgIpc) is 3.50. The van der Waals surface area contributed by atoms with E-state index >= 15 is 0 Å². The molecule has 1 saturated carbocycles. The van der Waals surface area contributed by atoms with Gasteiger partial charge in [0.1, 0.15) is 0 Å². The van der Waals surface area contributed by atoms with Gasteiger partial charge in [0.2, 0.25) is 5.91 Å². The van der Waals surface area contributed by atoms with Gasteiger partial charge in [0, 0.05) is 56.0 Å². The van der Waals surface area contributed by atoms with Crippen molar-refractivity contribution in [2.75, 3.05) is 33.2 Å². The van der Waals surface area contributed by atoms with Crippen molar-refractivity contribution < 1.29 is 4.79 Å². The first-order valence-corrected chi connectivity index (χ1v) is 11.5. The van der Waals surface area contributed by atoms with E-state index in [9.17, 15) is 4.79 Å². The predicted molar refractivity (Wildman–Crippen MR) is 127 cm³/mol. The third kappa shape index (κ3) is 5.59. The van der Waals surface area contributed by atoms with Crippen molar-refractivity contribution in [3.63, 3.8) is 0 Å². The van der Waals surface area contributed by atoms with Crippen LogP contribution in [0.5, 0.6) is 0 Å². The monoisotopic (exact) mass is 438 g/mol. The van der Waals surface area contributed by atoms with Gasteiger partial charge in [0.25, 0.3) is 0 Å². The molecular formula is C25H31ClN4O. The molecule has 2 aromatic carbocycles. The van der Waals surface area contributed by atoms with Crippen LogP contribution in [-0.4, -0.2) is 50.0 Å². The standard InChI is InChI=1S/C25H31ClN4O/c1-27-24(29-18-25(11-12-25)21-8-5-9-22(26)15-21)28-16-20-14-23(31)30(17-20)13-10-19-6-3-2-4-7-19/h2-9,15,20H,10-14,16-18H2,1H3,(H2,27,28,29). The van der Waals surface area contributed by atoms with E-state index in [1.807, 2.05) is 35.2 Å². The second kappa shape index (κ2) is 9.73. The van der Waals surface area contributed by atoms with E-state index in [4.69, 9.17) is 11.6 Å². The van der Waals surface area contributed by atoms with Gasteiger partial charge in [-0.2, -0.15) is 0 Å². The molecule has 1 aliphatic heterocycles. The second-order valence-electron chi connectivity index (χ2n) is 8.74. The fourth-order valence-corrected chi connectivity index (χ4v) is 4.56. The second-order valence-corrected chi connectivity index (χ2v) is 9.18. The number of hydrogen-bond donors (Lipinski definition) is 2. The van der Waals surface area contributed by atoms with Gasteiger partial charge in [-0.05, 0) is 42.5 Å². The van der Waals surface area contributed by atoms with Crippen LogP contribution in [0.4, 0.5) is 0 Å². The van der Waals surface area contributed by atoms with E-state index in [1.54, 1.807) is 7.05 Å². The Bertz CT molecular complexity index is 926. The van der Waals surface area contributed by atoms with Crippen molar-refractivity contribution in [3.8, 4) is 0 Å². The molecule has 0 spiro atoms. The number of benzene rings is 2. The lowest BCUT2D eigenvalue weighted by Gasteiger charge is -2.20. The molecule has 5 nitrogen and oxygen atoms in total. The Labute approximate surface area is 189 Å². The number of carbonyl (C=O) groups excluding carboxylic acids is 1. The molecule has 1 heterocycles. The predicted octanol–water partition coefficient (Wildman–Crippen LogP) is 3.63. The molecule has 2 aliphatic rings. The number of halogens is 1. The van der Waals surface area contributed by atoms with Crippen LogP contribution in [0, 0.1) is 5.92 Å². The quantitative estimate of drug-likeness (QED) is 0.488. The number of hydrogen-bond acceptors (Lipinski definition) is 2. The molecule has 1 unspecified atom stereocenters. The summed E-state index contributed by atoms with van der Waals surface area (Å²) in [6.45, 7) is 3.17. The summed E-state index contributed by atoms with van der Waals surface area (Å²) < 4.78 is 0. The molecule has 164 valence electrons.